The van der Waals surface area contributed by atoms with E-state index in [0.717, 1.165) is 53.2 Å². The van der Waals surface area contributed by atoms with Gasteiger partial charge in [0.05, 0.1) is 12.3 Å². The van der Waals surface area contributed by atoms with Gasteiger partial charge in [-0.1, -0.05) is 25.1 Å². The lowest BCUT2D eigenvalue weighted by atomic mass is 9.98. The van der Waals surface area contributed by atoms with Crippen LogP contribution in [0, 0.1) is 5.41 Å². The zero-order valence-electron chi connectivity index (χ0n) is 15.3. The van der Waals surface area contributed by atoms with Gasteiger partial charge < -0.3 is 10.1 Å². The van der Waals surface area contributed by atoms with Crippen LogP contribution in [0.2, 0.25) is 0 Å². The fourth-order valence-corrected chi connectivity index (χ4v) is 2.65. The molecule has 0 saturated heterocycles. The lowest BCUT2D eigenvalue weighted by Gasteiger charge is -2.11. The topological polar surface area (TPSA) is 50.9 Å². The maximum atomic E-state index is 7.88. The molecule has 24 heavy (non-hydrogen) atoms. The van der Waals surface area contributed by atoms with E-state index in [0.29, 0.717) is 5.71 Å². The summed E-state index contributed by atoms with van der Waals surface area (Å²) in [5, 5.41) is 12.5. The zero-order valence-corrected chi connectivity index (χ0v) is 15.3. The molecule has 1 N–H and O–H groups in total. The van der Waals surface area contributed by atoms with Crippen molar-refractivity contribution in [3.8, 4) is 5.75 Å². The van der Waals surface area contributed by atoms with Crippen LogP contribution >= 0.6 is 0 Å². The molecule has 128 valence electrons. The summed E-state index contributed by atoms with van der Waals surface area (Å²) in [7, 11) is 1.94. The van der Waals surface area contributed by atoms with E-state index < -0.39 is 0 Å². The van der Waals surface area contributed by atoms with Crippen LogP contribution in [0.3, 0.4) is 0 Å². The summed E-state index contributed by atoms with van der Waals surface area (Å²) in [5.41, 5.74) is 5.90. The number of hydrogen-bond acceptors (Lipinski definition) is 3. The summed E-state index contributed by atoms with van der Waals surface area (Å²) in [6.07, 6.45) is 3.82. The van der Waals surface area contributed by atoms with Crippen LogP contribution in [0.4, 0.5) is 0 Å². The van der Waals surface area contributed by atoms with E-state index >= 15 is 0 Å². The molecule has 0 aliphatic heterocycles. The number of ether oxygens (including phenoxy) is 1. The van der Waals surface area contributed by atoms with E-state index in [9.17, 15) is 0 Å². The second-order valence-corrected chi connectivity index (χ2v) is 6.18. The van der Waals surface area contributed by atoms with E-state index in [-0.39, 0.29) is 0 Å². The highest BCUT2D eigenvalue weighted by atomic mass is 16.5. The molecule has 0 amide bonds. The average Bonchev–Trinajstić information content (AvgIpc) is 2.93. The van der Waals surface area contributed by atoms with E-state index in [2.05, 4.69) is 24.3 Å². The van der Waals surface area contributed by atoms with Gasteiger partial charge in [-0.3, -0.25) is 4.68 Å². The molecule has 0 aliphatic rings. The van der Waals surface area contributed by atoms with Crippen LogP contribution in [0.5, 0.6) is 5.75 Å². The minimum absolute atomic E-state index is 0.579. The maximum Gasteiger partial charge on any atom is 0.122 e. The zero-order chi connectivity index (χ0) is 17.7. The third kappa shape index (κ3) is 4.13. The fraction of sp³-hybridized carbons (Fsp3) is 0.400. The molecule has 1 heterocycles. The summed E-state index contributed by atoms with van der Waals surface area (Å²) < 4.78 is 7.72. The molecule has 4 nitrogen and oxygen atoms in total. The Morgan fingerprint density at radius 1 is 1.17 bits per heavy atom. The molecule has 0 unspecified atom stereocenters. The van der Waals surface area contributed by atoms with Crippen molar-refractivity contribution in [3.05, 3.63) is 52.9 Å². The Morgan fingerprint density at radius 2 is 1.88 bits per heavy atom. The number of para-hydroxylation sites is 1. The summed E-state index contributed by atoms with van der Waals surface area (Å²) in [6, 6.07) is 8.18. The lowest BCUT2D eigenvalue weighted by molar-refractivity contribution is 0.314. The minimum Gasteiger partial charge on any atom is -0.493 e. The van der Waals surface area contributed by atoms with Gasteiger partial charge in [-0.15, -0.1) is 0 Å². The summed E-state index contributed by atoms with van der Waals surface area (Å²) >= 11 is 0. The van der Waals surface area contributed by atoms with Gasteiger partial charge in [0.2, 0.25) is 0 Å². The van der Waals surface area contributed by atoms with Gasteiger partial charge >= 0.3 is 0 Å². The first-order valence-electron chi connectivity index (χ1n) is 8.40. The van der Waals surface area contributed by atoms with E-state index in [1.165, 1.54) is 0 Å². The van der Waals surface area contributed by atoms with Crippen LogP contribution in [-0.2, 0) is 13.5 Å². The smallest absolute Gasteiger partial charge is 0.122 e. The fourth-order valence-electron chi connectivity index (χ4n) is 2.65. The van der Waals surface area contributed by atoms with Gasteiger partial charge in [-0.2, -0.15) is 5.10 Å². The molecule has 0 spiro atoms. The Kier molecular flexibility index (Phi) is 5.96. The van der Waals surface area contributed by atoms with Crippen LogP contribution in [0.15, 0.2) is 36.0 Å². The summed E-state index contributed by atoms with van der Waals surface area (Å²) in [6.45, 7) is 8.67. The van der Waals surface area contributed by atoms with Crippen molar-refractivity contribution in [2.75, 3.05) is 6.61 Å². The van der Waals surface area contributed by atoms with Gasteiger partial charge in [0.1, 0.15) is 5.75 Å². The summed E-state index contributed by atoms with van der Waals surface area (Å²) in [5.74, 6) is 0.941. The SMILES string of the molecule is CCCOc1ccccc1Cc1cn(C)nc1/C(C)=C(\C)C(C)=N. The monoisotopic (exact) mass is 325 g/mol. The molecule has 0 radical (unpaired) electrons. The molecule has 0 aliphatic carbocycles. The Bertz CT molecular complexity index is 756. The van der Waals surface area contributed by atoms with Crippen molar-refractivity contribution in [2.45, 2.75) is 40.5 Å². The third-order valence-corrected chi connectivity index (χ3v) is 4.20. The van der Waals surface area contributed by atoms with E-state index in [1.54, 1.807) is 0 Å². The molecule has 0 atom stereocenters. The number of aryl methyl sites for hydroxylation is 1. The quantitative estimate of drug-likeness (QED) is 0.754. The number of nitrogens with one attached hydrogen (secondary N) is 1. The highest BCUT2D eigenvalue weighted by molar-refractivity contribution is 6.01. The van der Waals surface area contributed by atoms with Gasteiger partial charge in [0.15, 0.2) is 0 Å². The molecule has 0 fully saturated rings. The lowest BCUT2D eigenvalue weighted by Crippen LogP contribution is -2.01. The largest absolute Gasteiger partial charge is 0.493 e. The molecule has 0 saturated carbocycles. The predicted molar refractivity (Wildman–Crippen MR) is 99.9 cm³/mol. The van der Waals surface area contributed by atoms with Gasteiger partial charge in [0, 0.05) is 30.9 Å². The molecule has 2 rings (SSSR count). The van der Waals surface area contributed by atoms with Crippen molar-refractivity contribution in [1.82, 2.24) is 9.78 Å². The van der Waals surface area contributed by atoms with Crippen molar-refractivity contribution in [3.63, 3.8) is 0 Å². The highest BCUT2D eigenvalue weighted by Crippen LogP contribution is 2.27. The van der Waals surface area contributed by atoms with Gasteiger partial charge in [-0.25, -0.2) is 0 Å². The molecule has 1 aromatic carbocycles. The molecule has 2 aromatic rings. The Hall–Kier alpha value is -2.36. The number of hydrogen-bond donors (Lipinski definition) is 1. The Balaban J connectivity index is 2.39. The van der Waals surface area contributed by atoms with Gasteiger partial charge in [0.25, 0.3) is 0 Å². The molecule has 0 bridgehead atoms. The predicted octanol–water partition coefficient (Wildman–Crippen LogP) is 4.63. The van der Waals surface area contributed by atoms with Crippen molar-refractivity contribution < 1.29 is 4.74 Å². The average molecular weight is 325 g/mol. The molecular formula is C20H27N3O. The number of allylic oxidation sites excluding steroid dienone is 2. The first-order chi connectivity index (χ1) is 11.4. The van der Waals surface area contributed by atoms with Gasteiger partial charge in [-0.05, 0) is 50.0 Å². The number of benzene rings is 1. The normalized spacial score (nSPS) is 12.0. The number of aromatic nitrogens is 2. The Morgan fingerprint density at radius 3 is 2.54 bits per heavy atom. The first kappa shape index (κ1) is 18.0. The van der Waals surface area contributed by atoms with Crippen LogP contribution in [0.1, 0.15) is 50.9 Å². The van der Waals surface area contributed by atoms with Crippen molar-refractivity contribution >= 4 is 11.3 Å². The maximum absolute atomic E-state index is 7.88. The first-order valence-corrected chi connectivity index (χ1v) is 8.40. The number of nitrogens with zero attached hydrogens (tertiary/aromatic N) is 2. The van der Waals surface area contributed by atoms with Crippen LogP contribution in [0.25, 0.3) is 5.57 Å². The van der Waals surface area contributed by atoms with Crippen molar-refractivity contribution in [2.24, 2.45) is 7.05 Å². The second-order valence-electron chi connectivity index (χ2n) is 6.18. The summed E-state index contributed by atoms with van der Waals surface area (Å²) in [4.78, 5) is 0. The third-order valence-electron chi connectivity index (χ3n) is 4.20. The second kappa shape index (κ2) is 7.95. The van der Waals surface area contributed by atoms with E-state index in [4.69, 9.17) is 10.1 Å². The Labute approximate surface area is 144 Å². The van der Waals surface area contributed by atoms with Crippen molar-refractivity contribution in [1.29, 1.82) is 5.41 Å². The van der Waals surface area contributed by atoms with Crippen LogP contribution in [-0.4, -0.2) is 22.1 Å². The standard InChI is InChI=1S/C20H27N3O/c1-6-11-24-19-10-8-7-9-17(19)12-18-13-23(5)22-20(18)15(3)14(2)16(4)21/h7-10,13,21H,6,11-12H2,1-5H3/b15-14+,21-16?. The van der Waals surface area contributed by atoms with E-state index in [1.807, 2.05) is 50.7 Å². The molecule has 1 aromatic heterocycles. The molecular weight excluding hydrogens is 298 g/mol. The number of rotatable bonds is 7. The minimum atomic E-state index is 0.579. The van der Waals surface area contributed by atoms with Crippen LogP contribution < -0.4 is 4.74 Å². The molecule has 4 heteroatoms. The highest BCUT2D eigenvalue weighted by Gasteiger charge is 2.14.